The van der Waals surface area contributed by atoms with E-state index in [2.05, 4.69) is 36.9 Å². The van der Waals surface area contributed by atoms with Crippen LogP contribution in [-0.2, 0) is 14.3 Å². The second kappa shape index (κ2) is 8.66. The predicted molar refractivity (Wildman–Crippen MR) is 111 cm³/mol. The summed E-state index contributed by atoms with van der Waals surface area (Å²) in [4.78, 5) is 38.4. The quantitative estimate of drug-likeness (QED) is 0.183. The maximum Gasteiger partial charge on any atom is 0.363 e. The number of nitro groups is 1. The molecule has 0 saturated carbocycles. The van der Waals surface area contributed by atoms with Gasteiger partial charge < -0.3 is 9.47 Å². The standard InChI is InChI=1S/C19H12Br2N2O6/c1-2-16(24)28-17-11(7-12(20)9-14(17)21)8-15-19(25)29-18(22-15)10-3-5-13(6-4-10)23(26)27/h3-9H,2H2,1H3/b15-8-. The number of nitro benzene ring substituents is 1. The van der Waals surface area contributed by atoms with E-state index in [9.17, 15) is 19.7 Å². The molecule has 2 aromatic rings. The fourth-order valence-electron chi connectivity index (χ4n) is 2.39. The molecule has 1 aliphatic rings. The maximum atomic E-state index is 12.3. The lowest BCUT2D eigenvalue weighted by Gasteiger charge is -2.10. The van der Waals surface area contributed by atoms with Gasteiger partial charge in [0.25, 0.3) is 5.69 Å². The molecule has 29 heavy (non-hydrogen) atoms. The number of aliphatic imine (C=N–C) groups is 1. The summed E-state index contributed by atoms with van der Waals surface area (Å²) < 4.78 is 11.7. The number of rotatable bonds is 5. The molecule has 8 nitrogen and oxygen atoms in total. The molecular weight excluding hydrogens is 512 g/mol. The molecule has 0 fully saturated rings. The van der Waals surface area contributed by atoms with Gasteiger partial charge in [-0.05, 0) is 46.3 Å². The van der Waals surface area contributed by atoms with Crippen LogP contribution in [0.1, 0.15) is 24.5 Å². The van der Waals surface area contributed by atoms with Gasteiger partial charge in [-0.25, -0.2) is 9.79 Å². The summed E-state index contributed by atoms with van der Waals surface area (Å²) in [6.45, 7) is 1.67. The van der Waals surface area contributed by atoms with Crippen LogP contribution in [0.2, 0.25) is 0 Å². The second-order valence-corrected chi connectivity index (χ2v) is 7.54. The molecule has 0 N–H and O–H groups in total. The van der Waals surface area contributed by atoms with Crippen molar-refractivity contribution in [3.8, 4) is 5.75 Å². The minimum absolute atomic E-state index is 0.00264. The van der Waals surface area contributed by atoms with Crippen molar-refractivity contribution >= 4 is 61.5 Å². The molecule has 10 heteroatoms. The Labute approximate surface area is 181 Å². The van der Waals surface area contributed by atoms with Gasteiger partial charge in [0.15, 0.2) is 11.4 Å². The molecule has 1 heterocycles. The first-order valence-electron chi connectivity index (χ1n) is 8.25. The van der Waals surface area contributed by atoms with Gasteiger partial charge in [0, 0.05) is 34.2 Å². The lowest BCUT2D eigenvalue weighted by atomic mass is 10.1. The number of carbonyl (C=O) groups is 2. The van der Waals surface area contributed by atoms with Crippen molar-refractivity contribution in [3.63, 3.8) is 0 Å². The van der Waals surface area contributed by atoms with Crippen molar-refractivity contribution in [2.24, 2.45) is 4.99 Å². The number of cyclic esters (lactones) is 1. The van der Waals surface area contributed by atoms with Crippen LogP contribution >= 0.6 is 31.9 Å². The van der Waals surface area contributed by atoms with Gasteiger partial charge in [-0.2, -0.15) is 0 Å². The molecule has 0 spiro atoms. The smallest absolute Gasteiger partial charge is 0.363 e. The number of halogens is 2. The summed E-state index contributed by atoms with van der Waals surface area (Å²) in [6, 6.07) is 8.85. The van der Waals surface area contributed by atoms with E-state index in [1.807, 2.05) is 0 Å². The first kappa shape index (κ1) is 20.9. The third kappa shape index (κ3) is 4.77. The molecule has 2 aromatic carbocycles. The highest BCUT2D eigenvalue weighted by Gasteiger charge is 2.25. The van der Waals surface area contributed by atoms with E-state index < -0.39 is 16.9 Å². The van der Waals surface area contributed by atoms with Crippen LogP contribution in [-0.4, -0.2) is 22.8 Å². The molecule has 1 aliphatic heterocycles. The van der Waals surface area contributed by atoms with Crippen molar-refractivity contribution in [3.05, 3.63) is 72.3 Å². The fraction of sp³-hybridized carbons (Fsp3) is 0.105. The monoisotopic (exact) mass is 522 g/mol. The number of ether oxygens (including phenoxy) is 2. The van der Waals surface area contributed by atoms with Gasteiger partial charge in [-0.15, -0.1) is 0 Å². The number of esters is 2. The number of hydrogen-bond acceptors (Lipinski definition) is 7. The van der Waals surface area contributed by atoms with Crippen molar-refractivity contribution in [2.45, 2.75) is 13.3 Å². The van der Waals surface area contributed by atoms with E-state index in [1.165, 1.54) is 30.3 Å². The Morgan fingerprint density at radius 2 is 1.97 bits per heavy atom. The van der Waals surface area contributed by atoms with Crippen molar-refractivity contribution < 1.29 is 24.0 Å². The Bertz CT molecular complexity index is 1080. The van der Waals surface area contributed by atoms with Crippen LogP contribution in [0.15, 0.2) is 56.0 Å². The van der Waals surface area contributed by atoms with Crippen molar-refractivity contribution in [2.75, 3.05) is 0 Å². The Balaban J connectivity index is 1.99. The third-order valence-corrected chi connectivity index (χ3v) is 4.83. The van der Waals surface area contributed by atoms with Gasteiger partial charge in [-0.1, -0.05) is 22.9 Å². The largest absolute Gasteiger partial charge is 0.425 e. The van der Waals surface area contributed by atoms with E-state index in [4.69, 9.17) is 9.47 Å². The van der Waals surface area contributed by atoms with Gasteiger partial charge >= 0.3 is 11.9 Å². The van der Waals surface area contributed by atoms with E-state index in [0.717, 1.165) is 0 Å². The normalized spacial score (nSPS) is 14.5. The molecule has 0 atom stereocenters. The van der Waals surface area contributed by atoms with Crippen LogP contribution in [0.5, 0.6) is 5.75 Å². The Morgan fingerprint density at radius 3 is 2.59 bits per heavy atom. The number of carbonyl (C=O) groups excluding carboxylic acids is 2. The van der Waals surface area contributed by atoms with Crippen molar-refractivity contribution in [1.82, 2.24) is 0 Å². The van der Waals surface area contributed by atoms with E-state index in [1.54, 1.807) is 19.1 Å². The van der Waals surface area contributed by atoms with Gasteiger partial charge in [-0.3, -0.25) is 14.9 Å². The molecule has 148 valence electrons. The summed E-state index contributed by atoms with van der Waals surface area (Å²) in [5.74, 6) is -0.851. The van der Waals surface area contributed by atoms with Crippen LogP contribution in [0, 0.1) is 10.1 Å². The third-order valence-electron chi connectivity index (χ3n) is 3.78. The highest BCUT2D eigenvalue weighted by Crippen LogP contribution is 2.35. The zero-order valence-corrected chi connectivity index (χ0v) is 18.0. The van der Waals surface area contributed by atoms with Crippen LogP contribution in [0.4, 0.5) is 5.69 Å². The summed E-state index contributed by atoms with van der Waals surface area (Å²) in [5, 5.41) is 10.8. The lowest BCUT2D eigenvalue weighted by molar-refractivity contribution is -0.384. The molecule has 3 rings (SSSR count). The van der Waals surface area contributed by atoms with Gasteiger partial charge in [0.2, 0.25) is 5.90 Å². The number of non-ortho nitro benzene ring substituents is 1. The average Bonchev–Trinajstić information content (AvgIpc) is 3.04. The van der Waals surface area contributed by atoms with Crippen molar-refractivity contribution in [1.29, 1.82) is 0 Å². The van der Waals surface area contributed by atoms with Crippen LogP contribution < -0.4 is 4.74 Å². The minimum Gasteiger partial charge on any atom is -0.425 e. The Morgan fingerprint density at radius 1 is 1.28 bits per heavy atom. The topological polar surface area (TPSA) is 108 Å². The van der Waals surface area contributed by atoms with E-state index >= 15 is 0 Å². The molecular formula is C19H12Br2N2O6. The highest BCUT2D eigenvalue weighted by molar-refractivity contribution is 9.11. The number of hydrogen-bond donors (Lipinski definition) is 0. The average molecular weight is 524 g/mol. The number of nitrogens with zero attached hydrogens (tertiary/aromatic N) is 2. The Kier molecular flexibility index (Phi) is 6.23. The van der Waals surface area contributed by atoms with Crippen LogP contribution in [0.25, 0.3) is 6.08 Å². The molecule has 0 radical (unpaired) electrons. The zero-order chi connectivity index (χ0) is 21.1. The first-order valence-corrected chi connectivity index (χ1v) is 9.84. The van der Waals surface area contributed by atoms with Gasteiger partial charge in [0.1, 0.15) is 0 Å². The molecule has 0 saturated heterocycles. The summed E-state index contributed by atoms with van der Waals surface area (Å²) in [7, 11) is 0. The van der Waals surface area contributed by atoms with E-state index in [0.29, 0.717) is 20.1 Å². The second-order valence-electron chi connectivity index (χ2n) is 5.77. The molecule has 0 bridgehead atoms. The maximum absolute atomic E-state index is 12.3. The van der Waals surface area contributed by atoms with Crippen LogP contribution in [0.3, 0.4) is 0 Å². The Hall–Kier alpha value is -2.85. The lowest BCUT2D eigenvalue weighted by Crippen LogP contribution is -2.07. The summed E-state index contributed by atoms with van der Waals surface area (Å²) in [6.07, 6.45) is 1.62. The predicted octanol–water partition coefficient (Wildman–Crippen LogP) is 4.78. The molecule has 0 amide bonds. The summed E-state index contributed by atoms with van der Waals surface area (Å²) in [5.41, 5.74) is 0.766. The molecule has 0 aromatic heterocycles. The first-order chi connectivity index (χ1) is 13.8. The fourth-order valence-corrected chi connectivity index (χ4v) is 3.73. The molecule has 0 unspecified atom stereocenters. The SMILES string of the molecule is CCC(=O)Oc1c(Br)cc(Br)cc1/C=C1\N=C(c2ccc([N+](=O)[O-])cc2)OC1=O. The van der Waals surface area contributed by atoms with E-state index in [-0.39, 0.29) is 29.5 Å². The molecule has 0 aliphatic carbocycles. The summed E-state index contributed by atoms with van der Waals surface area (Å²) >= 11 is 6.70. The van der Waals surface area contributed by atoms with Gasteiger partial charge in [0.05, 0.1) is 9.40 Å². The highest BCUT2D eigenvalue weighted by atomic mass is 79.9. The minimum atomic E-state index is -0.692. The number of benzene rings is 2. The zero-order valence-electron chi connectivity index (χ0n) is 14.8.